The number of rotatable bonds is 23. The van der Waals surface area contributed by atoms with Crippen molar-refractivity contribution in [1.29, 1.82) is 0 Å². The van der Waals surface area contributed by atoms with Gasteiger partial charge in [-0.15, -0.1) is 0 Å². The molecule has 0 bridgehead atoms. The Morgan fingerprint density at radius 2 is 0.903 bits per heavy atom. The zero-order chi connectivity index (χ0) is 23.0. The molecular formula is C21H39F3O7. The lowest BCUT2D eigenvalue weighted by atomic mass is 10.1. The lowest BCUT2D eigenvalue weighted by Gasteiger charge is -2.09. The maximum atomic E-state index is 11.9. The number of carbonyl (C=O) groups excluding carboxylic acids is 1. The molecule has 0 saturated heterocycles. The summed E-state index contributed by atoms with van der Waals surface area (Å²) in [5, 5.41) is 0. The van der Waals surface area contributed by atoms with Crippen LogP contribution < -0.4 is 0 Å². The highest BCUT2D eigenvalue weighted by Crippen LogP contribution is 2.16. The summed E-state index contributed by atoms with van der Waals surface area (Å²) in [6, 6.07) is 0. The van der Waals surface area contributed by atoms with Gasteiger partial charge in [0.2, 0.25) is 0 Å². The highest BCUT2D eigenvalue weighted by molar-refractivity contribution is 5.75. The minimum atomic E-state index is -4.98. The van der Waals surface area contributed by atoms with Gasteiger partial charge in [0.15, 0.2) is 0 Å². The molecule has 0 aromatic carbocycles. The number of alkyl halides is 3. The molecule has 0 rings (SSSR count). The van der Waals surface area contributed by atoms with Crippen LogP contribution in [0, 0.1) is 0 Å². The Morgan fingerprint density at radius 3 is 1.32 bits per heavy atom. The van der Waals surface area contributed by atoms with Gasteiger partial charge in [-0.25, -0.2) is 4.79 Å². The van der Waals surface area contributed by atoms with Gasteiger partial charge in [0, 0.05) is 6.61 Å². The Kier molecular flexibility index (Phi) is 21.6. The molecule has 0 N–H and O–H groups in total. The molecule has 0 aliphatic carbocycles. The van der Waals surface area contributed by atoms with Gasteiger partial charge in [-0.3, -0.25) is 0 Å². The zero-order valence-corrected chi connectivity index (χ0v) is 18.7. The van der Waals surface area contributed by atoms with E-state index in [0.29, 0.717) is 39.6 Å². The van der Waals surface area contributed by atoms with Crippen LogP contribution in [0.15, 0.2) is 0 Å². The number of hydrogen-bond donors (Lipinski definition) is 0. The molecular weight excluding hydrogens is 421 g/mol. The second-order valence-corrected chi connectivity index (χ2v) is 6.82. The van der Waals surface area contributed by atoms with Crippen LogP contribution in [0.1, 0.15) is 51.9 Å². The molecule has 0 fully saturated rings. The van der Waals surface area contributed by atoms with Crippen LogP contribution in [0.25, 0.3) is 0 Å². The topological polar surface area (TPSA) is 72.5 Å². The van der Waals surface area contributed by atoms with Crippen molar-refractivity contribution < 1.29 is 46.4 Å². The van der Waals surface area contributed by atoms with Crippen LogP contribution in [0.4, 0.5) is 13.2 Å². The summed E-state index contributed by atoms with van der Waals surface area (Å²) in [5.74, 6) is -2.22. The van der Waals surface area contributed by atoms with Gasteiger partial charge in [-0.05, 0) is 6.42 Å². The summed E-state index contributed by atoms with van der Waals surface area (Å²) in [6.07, 6.45) is 3.91. The van der Waals surface area contributed by atoms with Gasteiger partial charge in [0.25, 0.3) is 0 Å². The first-order chi connectivity index (χ1) is 15.0. The third kappa shape index (κ3) is 23.5. The molecule has 0 aromatic rings. The minimum absolute atomic E-state index is 0.123. The van der Waals surface area contributed by atoms with Crippen LogP contribution >= 0.6 is 0 Å². The Labute approximate surface area is 183 Å². The van der Waals surface area contributed by atoms with Gasteiger partial charge >= 0.3 is 12.1 Å². The van der Waals surface area contributed by atoms with Crippen molar-refractivity contribution >= 4 is 5.97 Å². The second kappa shape index (κ2) is 22.3. The number of halogens is 3. The van der Waals surface area contributed by atoms with Crippen LogP contribution in [-0.2, 0) is 33.2 Å². The summed E-state index contributed by atoms with van der Waals surface area (Å²) < 4.78 is 66.1. The molecule has 0 spiro atoms. The largest absolute Gasteiger partial charge is 0.490 e. The smallest absolute Gasteiger partial charge is 0.457 e. The summed E-state index contributed by atoms with van der Waals surface area (Å²) in [5.41, 5.74) is 0. The van der Waals surface area contributed by atoms with Gasteiger partial charge < -0.3 is 28.4 Å². The van der Waals surface area contributed by atoms with E-state index in [9.17, 15) is 18.0 Å². The van der Waals surface area contributed by atoms with Crippen molar-refractivity contribution in [1.82, 2.24) is 0 Å². The molecule has 7 nitrogen and oxygen atoms in total. The van der Waals surface area contributed by atoms with Gasteiger partial charge in [0.05, 0.1) is 59.5 Å². The molecule has 10 heteroatoms. The summed E-state index contributed by atoms with van der Waals surface area (Å²) in [6.45, 7) is 5.74. The summed E-state index contributed by atoms with van der Waals surface area (Å²) in [7, 11) is 0. The Hall–Kier alpha value is -0.940. The molecule has 31 heavy (non-hydrogen) atoms. The molecule has 0 unspecified atom stereocenters. The van der Waals surface area contributed by atoms with E-state index < -0.39 is 18.8 Å². The van der Waals surface area contributed by atoms with Gasteiger partial charge in [-0.1, -0.05) is 45.4 Å². The fourth-order valence-electron chi connectivity index (χ4n) is 2.42. The molecule has 0 heterocycles. The van der Waals surface area contributed by atoms with Crippen LogP contribution in [-0.4, -0.2) is 84.8 Å². The van der Waals surface area contributed by atoms with E-state index in [1.807, 2.05) is 0 Å². The Bertz CT molecular complexity index is 396. The molecule has 0 saturated carbocycles. The lowest BCUT2D eigenvalue weighted by Crippen LogP contribution is -2.26. The molecule has 0 aliphatic heterocycles. The van der Waals surface area contributed by atoms with Gasteiger partial charge in [-0.2, -0.15) is 13.2 Å². The maximum absolute atomic E-state index is 11.9. The van der Waals surface area contributed by atoms with Crippen LogP contribution in [0.2, 0.25) is 0 Å². The fourth-order valence-corrected chi connectivity index (χ4v) is 2.42. The second-order valence-electron chi connectivity index (χ2n) is 6.82. The van der Waals surface area contributed by atoms with Crippen molar-refractivity contribution in [2.24, 2.45) is 0 Å². The first-order valence-electron chi connectivity index (χ1n) is 11.1. The van der Waals surface area contributed by atoms with E-state index in [4.69, 9.17) is 23.7 Å². The van der Waals surface area contributed by atoms with E-state index in [2.05, 4.69) is 11.7 Å². The third-order valence-electron chi connectivity index (χ3n) is 4.07. The molecule has 0 aromatic heterocycles. The molecule has 0 atom stereocenters. The summed E-state index contributed by atoms with van der Waals surface area (Å²) in [4.78, 5) is 10.4. The molecule has 0 radical (unpaired) electrons. The zero-order valence-electron chi connectivity index (χ0n) is 18.7. The Balaban J connectivity index is 3.09. The van der Waals surface area contributed by atoms with Crippen molar-refractivity contribution in [3.8, 4) is 0 Å². The average Bonchev–Trinajstić information content (AvgIpc) is 2.73. The number of esters is 1. The number of carbonyl (C=O) groups is 1. The molecule has 0 amide bonds. The molecule has 0 aliphatic rings. The fraction of sp³-hybridized carbons (Fsp3) is 0.952. The van der Waals surface area contributed by atoms with Crippen molar-refractivity contribution in [2.75, 3.05) is 72.7 Å². The first kappa shape index (κ1) is 30.1. The SMILES string of the molecule is CCCCCCCCCOCCOCCOCCOCCOCCOC(=O)C(F)(F)F. The van der Waals surface area contributed by atoms with Crippen molar-refractivity contribution in [3.05, 3.63) is 0 Å². The van der Waals surface area contributed by atoms with Crippen molar-refractivity contribution in [2.45, 2.75) is 58.0 Å². The van der Waals surface area contributed by atoms with Crippen LogP contribution in [0.3, 0.4) is 0 Å². The van der Waals surface area contributed by atoms with E-state index >= 15 is 0 Å². The van der Waals surface area contributed by atoms with E-state index in [0.717, 1.165) is 13.0 Å². The predicted molar refractivity (Wildman–Crippen MR) is 109 cm³/mol. The highest BCUT2D eigenvalue weighted by atomic mass is 19.4. The average molecular weight is 461 g/mol. The van der Waals surface area contributed by atoms with Crippen molar-refractivity contribution in [3.63, 3.8) is 0 Å². The quantitative estimate of drug-likeness (QED) is 0.169. The minimum Gasteiger partial charge on any atom is -0.457 e. The lowest BCUT2D eigenvalue weighted by molar-refractivity contribution is -0.200. The summed E-state index contributed by atoms with van der Waals surface area (Å²) >= 11 is 0. The predicted octanol–water partition coefficient (Wildman–Crippen LogP) is 3.93. The third-order valence-corrected chi connectivity index (χ3v) is 4.07. The normalized spacial score (nSPS) is 11.7. The Morgan fingerprint density at radius 1 is 0.548 bits per heavy atom. The maximum Gasteiger partial charge on any atom is 0.490 e. The van der Waals surface area contributed by atoms with E-state index in [1.165, 1.54) is 38.5 Å². The number of hydrogen-bond acceptors (Lipinski definition) is 7. The van der Waals surface area contributed by atoms with E-state index in [1.54, 1.807) is 0 Å². The standard InChI is InChI=1S/C21H39F3O7/c1-2-3-4-5-6-7-8-9-26-10-11-27-12-13-28-14-15-29-16-17-30-18-19-31-20(25)21(22,23)24/h2-19H2,1H3. The van der Waals surface area contributed by atoms with E-state index in [-0.39, 0.29) is 19.8 Å². The molecule has 186 valence electrons. The van der Waals surface area contributed by atoms with Crippen LogP contribution in [0.5, 0.6) is 0 Å². The number of ether oxygens (including phenoxy) is 6. The monoisotopic (exact) mass is 460 g/mol. The first-order valence-corrected chi connectivity index (χ1v) is 11.1. The van der Waals surface area contributed by atoms with Gasteiger partial charge in [0.1, 0.15) is 6.61 Å². The number of unbranched alkanes of at least 4 members (excludes halogenated alkanes) is 6. The highest BCUT2D eigenvalue weighted by Gasteiger charge is 2.40.